The summed E-state index contributed by atoms with van der Waals surface area (Å²) in [6.45, 7) is 11.0. The van der Waals surface area contributed by atoms with E-state index in [-0.39, 0.29) is 0 Å². The van der Waals surface area contributed by atoms with Crippen LogP contribution < -0.4 is 15.5 Å². The standard InChI is InChI=1S/C28H40N6O2/c1-23-8-15-33(16-9-23)17-10-24-4-2-5-25(22-24)31-28(36)27(35)30-11-3-14-32-18-20-34(21-19-32)26-6-12-29-13-7-26/h2,4-7,12-13,22-23H,3,8-11,14-21H2,1H3,(H,30,35)(H,31,36). The van der Waals surface area contributed by atoms with Gasteiger partial charge < -0.3 is 20.4 Å². The Labute approximate surface area is 215 Å². The number of piperazine rings is 1. The number of aromatic nitrogens is 1. The van der Waals surface area contributed by atoms with Crippen LogP contribution in [0, 0.1) is 5.92 Å². The van der Waals surface area contributed by atoms with Gasteiger partial charge in [0.05, 0.1) is 0 Å². The maximum absolute atomic E-state index is 12.4. The monoisotopic (exact) mass is 492 g/mol. The van der Waals surface area contributed by atoms with Crippen LogP contribution in [0.4, 0.5) is 11.4 Å². The second kappa shape index (κ2) is 13.4. The molecule has 2 fully saturated rings. The van der Waals surface area contributed by atoms with E-state index in [0.29, 0.717) is 12.2 Å². The Hall–Kier alpha value is -2.97. The normalized spacial score (nSPS) is 17.6. The van der Waals surface area contributed by atoms with E-state index in [1.54, 1.807) is 0 Å². The molecule has 0 atom stereocenters. The van der Waals surface area contributed by atoms with Crippen LogP contribution in [0.3, 0.4) is 0 Å². The lowest BCUT2D eigenvalue weighted by atomic mass is 9.99. The quantitative estimate of drug-likeness (QED) is 0.414. The van der Waals surface area contributed by atoms with E-state index < -0.39 is 11.8 Å². The molecule has 1 aromatic carbocycles. The summed E-state index contributed by atoms with van der Waals surface area (Å²) in [5.41, 5.74) is 3.06. The number of likely N-dealkylation sites (tertiary alicyclic amines) is 1. The van der Waals surface area contributed by atoms with Crippen LogP contribution in [-0.4, -0.2) is 85.5 Å². The second-order valence-electron chi connectivity index (χ2n) is 10.1. The fourth-order valence-corrected chi connectivity index (χ4v) is 4.93. The Morgan fingerprint density at radius 2 is 1.64 bits per heavy atom. The summed E-state index contributed by atoms with van der Waals surface area (Å²) in [5.74, 6) is -0.354. The smallest absolute Gasteiger partial charge is 0.313 e. The van der Waals surface area contributed by atoms with Gasteiger partial charge in [-0.1, -0.05) is 19.1 Å². The lowest BCUT2D eigenvalue weighted by Crippen LogP contribution is -2.47. The van der Waals surface area contributed by atoms with Crippen LogP contribution in [0.1, 0.15) is 31.7 Å². The van der Waals surface area contributed by atoms with Gasteiger partial charge in [-0.3, -0.25) is 19.5 Å². The van der Waals surface area contributed by atoms with Crippen LogP contribution in [0.15, 0.2) is 48.8 Å². The highest BCUT2D eigenvalue weighted by atomic mass is 16.2. The summed E-state index contributed by atoms with van der Waals surface area (Å²) < 4.78 is 0. The van der Waals surface area contributed by atoms with E-state index in [2.05, 4.69) is 43.3 Å². The minimum Gasteiger partial charge on any atom is -0.369 e. The minimum absolute atomic E-state index is 0.491. The zero-order chi connectivity index (χ0) is 25.2. The molecule has 1 aromatic heterocycles. The molecule has 36 heavy (non-hydrogen) atoms. The molecule has 2 aromatic rings. The van der Waals surface area contributed by atoms with Crippen molar-refractivity contribution in [1.82, 2.24) is 20.1 Å². The van der Waals surface area contributed by atoms with Gasteiger partial charge in [-0.05, 0) is 81.1 Å². The first-order valence-corrected chi connectivity index (χ1v) is 13.3. The summed E-state index contributed by atoms with van der Waals surface area (Å²) in [5, 5.41) is 5.51. The average Bonchev–Trinajstić information content (AvgIpc) is 2.92. The van der Waals surface area contributed by atoms with Gasteiger partial charge in [0, 0.05) is 63.0 Å². The molecule has 0 spiro atoms. The third kappa shape index (κ3) is 8.03. The predicted octanol–water partition coefficient (Wildman–Crippen LogP) is 2.62. The van der Waals surface area contributed by atoms with Crippen molar-refractivity contribution in [3.8, 4) is 0 Å². The van der Waals surface area contributed by atoms with Crippen molar-refractivity contribution in [3.05, 3.63) is 54.4 Å². The van der Waals surface area contributed by atoms with E-state index in [1.165, 1.54) is 37.2 Å². The molecule has 8 nitrogen and oxygen atoms in total. The van der Waals surface area contributed by atoms with Gasteiger partial charge in [-0.25, -0.2) is 0 Å². The maximum atomic E-state index is 12.4. The van der Waals surface area contributed by atoms with Gasteiger partial charge in [-0.2, -0.15) is 0 Å². The van der Waals surface area contributed by atoms with Gasteiger partial charge in [0.25, 0.3) is 0 Å². The van der Waals surface area contributed by atoms with Crippen molar-refractivity contribution < 1.29 is 9.59 Å². The van der Waals surface area contributed by atoms with Crippen molar-refractivity contribution >= 4 is 23.2 Å². The molecule has 2 N–H and O–H groups in total. The van der Waals surface area contributed by atoms with Crippen LogP contribution in [-0.2, 0) is 16.0 Å². The molecule has 0 radical (unpaired) electrons. The molecule has 2 aliphatic heterocycles. The third-order valence-electron chi connectivity index (χ3n) is 7.32. The lowest BCUT2D eigenvalue weighted by molar-refractivity contribution is -0.136. The number of carbonyl (C=O) groups excluding carboxylic acids is 2. The molecule has 2 saturated heterocycles. The van der Waals surface area contributed by atoms with Crippen molar-refractivity contribution in [2.45, 2.75) is 32.6 Å². The summed E-state index contributed by atoms with van der Waals surface area (Å²) in [6, 6.07) is 11.9. The van der Waals surface area contributed by atoms with Gasteiger partial charge in [-0.15, -0.1) is 0 Å². The van der Waals surface area contributed by atoms with Crippen LogP contribution in [0.5, 0.6) is 0 Å². The van der Waals surface area contributed by atoms with Crippen molar-refractivity contribution in [1.29, 1.82) is 0 Å². The van der Waals surface area contributed by atoms with Crippen molar-refractivity contribution in [2.24, 2.45) is 5.92 Å². The molecular formula is C28H40N6O2. The molecule has 0 unspecified atom stereocenters. The number of nitrogens with zero attached hydrogens (tertiary/aromatic N) is 4. The molecule has 4 rings (SSSR count). The Morgan fingerprint density at radius 3 is 2.39 bits per heavy atom. The number of rotatable bonds is 9. The first kappa shape index (κ1) is 26.1. The highest BCUT2D eigenvalue weighted by molar-refractivity contribution is 6.39. The van der Waals surface area contributed by atoms with E-state index in [9.17, 15) is 9.59 Å². The minimum atomic E-state index is -0.608. The Balaban J connectivity index is 1.11. The first-order chi connectivity index (χ1) is 17.6. The van der Waals surface area contributed by atoms with Gasteiger partial charge >= 0.3 is 11.8 Å². The topological polar surface area (TPSA) is 80.8 Å². The Bertz CT molecular complexity index is 969. The zero-order valence-electron chi connectivity index (χ0n) is 21.5. The number of piperidine rings is 1. The van der Waals surface area contributed by atoms with Crippen molar-refractivity contribution in [2.75, 3.05) is 69.1 Å². The Kier molecular flexibility index (Phi) is 9.69. The molecule has 0 saturated carbocycles. The third-order valence-corrected chi connectivity index (χ3v) is 7.32. The maximum Gasteiger partial charge on any atom is 0.313 e. The van der Waals surface area contributed by atoms with Gasteiger partial charge in [0.2, 0.25) is 0 Å². The highest BCUT2D eigenvalue weighted by Gasteiger charge is 2.18. The van der Waals surface area contributed by atoms with E-state index in [0.717, 1.165) is 58.0 Å². The zero-order valence-corrected chi connectivity index (χ0v) is 21.5. The number of hydrogen-bond donors (Lipinski definition) is 2. The van der Waals surface area contributed by atoms with E-state index in [4.69, 9.17) is 0 Å². The largest absolute Gasteiger partial charge is 0.369 e. The van der Waals surface area contributed by atoms with Gasteiger partial charge in [0.15, 0.2) is 0 Å². The number of benzene rings is 1. The molecular weight excluding hydrogens is 452 g/mol. The fraction of sp³-hybridized carbons (Fsp3) is 0.536. The first-order valence-electron chi connectivity index (χ1n) is 13.3. The van der Waals surface area contributed by atoms with Crippen LogP contribution in [0.2, 0.25) is 0 Å². The van der Waals surface area contributed by atoms with Crippen LogP contribution >= 0.6 is 0 Å². The fourth-order valence-electron chi connectivity index (χ4n) is 4.93. The average molecular weight is 493 g/mol. The van der Waals surface area contributed by atoms with Gasteiger partial charge in [0.1, 0.15) is 0 Å². The SMILES string of the molecule is CC1CCN(CCc2cccc(NC(=O)C(=O)NCCCN3CCN(c4ccncc4)CC3)c2)CC1. The van der Waals surface area contributed by atoms with E-state index in [1.807, 2.05) is 42.7 Å². The van der Waals surface area contributed by atoms with Crippen LogP contribution in [0.25, 0.3) is 0 Å². The number of carbonyl (C=O) groups is 2. The van der Waals surface area contributed by atoms with E-state index >= 15 is 0 Å². The number of anilines is 2. The number of pyridine rings is 1. The second-order valence-corrected chi connectivity index (χ2v) is 10.1. The molecule has 2 aliphatic rings. The molecule has 8 heteroatoms. The lowest BCUT2D eigenvalue weighted by Gasteiger charge is -2.36. The predicted molar refractivity (Wildman–Crippen MR) is 144 cm³/mol. The molecule has 3 heterocycles. The molecule has 194 valence electrons. The summed E-state index contributed by atoms with van der Waals surface area (Å²) >= 11 is 0. The number of amides is 2. The molecule has 0 aliphatic carbocycles. The molecule has 2 amide bonds. The number of hydrogen-bond acceptors (Lipinski definition) is 6. The summed E-state index contributed by atoms with van der Waals surface area (Å²) in [4.78, 5) is 36.0. The highest BCUT2D eigenvalue weighted by Crippen LogP contribution is 2.18. The number of nitrogens with one attached hydrogen (secondary N) is 2. The molecule has 0 bridgehead atoms. The Morgan fingerprint density at radius 1 is 0.917 bits per heavy atom. The summed E-state index contributed by atoms with van der Waals surface area (Å²) in [7, 11) is 0. The summed E-state index contributed by atoms with van der Waals surface area (Å²) in [6.07, 6.45) is 7.96. The van der Waals surface area contributed by atoms with Crippen molar-refractivity contribution in [3.63, 3.8) is 0 Å².